The highest BCUT2D eigenvalue weighted by atomic mass is 35.5. The monoisotopic (exact) mass is 425 g/mol. The lowest BCUT2D eigenvalue weighted by atomic mass is 9.91. The van der Waals surface area contributed by atoms with E-state index in [1.807, 2.05) is 18.0 Å². The zero-order chi connectivity index (χ0) is 20.1. The molecule has 1 amide bonds. The number of rotatable bonds is 6. The van der Waals surface area contributed by atoms with E-state index in [2.05, 4.69) is 27.5 Å². The Labute approximate surface area is 175 Å². The number of halogens is 3. The van der Waals surface area contributed by atoms with Crippen LogP contribution >= 0.6 is 12.4 Å². The summed E-state index contributed by atoms with van der Waals surface area (Å²) in [6.45, 7) is 2.92. The van der Waals surface area contributed by atoms with E-state index in [1.165, 1.54) is 6.07 Å². The Kier molecular flexibility index (Phi) is 8.13. The largest absolute Gasteiger partial charge is 0.360 e. The number of nitrogens with zero attached hydrogens (tertiary/aromatic N) is 3. The number of hydrogen-bond acceptors (Lipinski definition) is 5. The van der Waals surface area contributed by atoms with Gasteiger partial charge < -0.3 is 15.5 Å². The van der Waals surface area contributed by atoms with Crippen molar-refractivity contribution in [3.05, 3.63) is 47.7 Å². The summed E-state index contributed by atoms with van der Waals surface area (Å²) in [5, 5.41) is 6.27. The van der Waals surface area contributed by atoms with Gasteiger partial charge in [0.1, 0.15) is 5.82 Å². The first-order chi connectivity index (χ1) is 13.5. The fraction of sp³-hybridized carbons (Fsp3) is 0.450. The summed E-state index contributed by atoms with van der Waals surface area (Å²) in [7, 11) is 1.98. The molecule has 0 atom stereocenters. The van der Waals surface area contributed by atoms with Crippen molar-refractivity contribution in [1.82, 2.24) is 15.3 Å². The Bertz CT molecular complexity index is 830. The zero-order valence-corrected chi connectivity index (χ0v) is 17.3. The fourth-order valence-electron chi connectivity index (χ4n) is 3.26. The van der Waals surface area contributed by atoms with Crippen LogP contribution in [0.3, 0.4) is 0 Å². The van der Waals surface area contributed by atoms with Gasteiger partial charge in [-0.3, -0.25) is 4.79 Å². The van der Waals surface area contributed by atoms with Crippen LogP contribution < -0.4 is 15.5 Å². The van der Waals surface area contributed by atoms with Crippen molar-refractivity contribution in [2.24, 2.45) is 0 Å². The standard InChI is InChI=1S/C20H25F2N5O.ClH/c1-3-27(2)18-10-11-23-20(26-18)25-15-7-5-14(6-8-15)24-19(28)13-4-9-16(21)17(22)12-13;/h4,9-12,14-15H,3,5-8H2,1-2H3,(H,24,28)(H,23,25,26);1H/t14-,15+;. The third-order valence-electron chi connectivity index (χ3n) is 5.08. The van der Waals surface area contributed by atoms with Crippen molar-refractivity contribution in [1.29, 1.82) is 0 Å². The Morgan fingerprint density at radius 3 is 2.48 bits per heavy atom. The molecule has 3 rings (SSSR count). The van der Waals surface area contributed by atoms with E-state index in [4.69, 9.17) is 0 Å². The number of amides is 1. The van der Waals surface area contributed by atoms with Gasteiger partial charge in [0.25, 0.3) is 5.91 Å². The highest BCUT2D eigenvalue weighted by Crippen LogP contribution is 2.22. The molecule has 1 saturated carbocycles. The van der Waals surface area contributed by atoms with Crippen molar-refractivity contribution in [2.45, 2.75) is 44.7 Å². The molecule has 1 aromatic heterocycles. The van der Waals surface area contributed by atoms with Crippen LogP contribution in [-0.2, 0) is 0 Å². The van der Waals surface area contributed by atoms with Crippen LogP contribution in [0.1, 0.15) is 43.0 Å². The Morgan fingerprint density at radius 2 is 1.83 bits per heavy atom. The van der Waals surface area contributed by atoms with E-state index in [0.717, 1.165) is 50.2 Å². The molecule has 9 heteroatoms. The van der Waals surface area contributed by atoms with Gasteiger partial charge in [0.15, 0.2) is 11.6 Å². The minimum absolute atomic E-state index is 0. The average Bonchev–Trinajstić information content (AvgIpc) is 2.71. The number of nitrogens with one attached hydrogen (secondary N) is 2. The molecule has 1 fully saturated rings. The zero-order valence-electron chi connectivity index (χ0n) is 16.5. The van der Waals surface area contributed by atoms with Gasteiger partial charge >= 0.3 is 0 Å². The second-order valence-electron chi connectivity index (χ2n) is 7.05. The molecular weight excluding hydrogens is 400 g/mol. The number of anilines is 2. The third-order valence-corrected chi connectivity index (χ3v) is 5.08. The second-order valence-corrected chi connectivity index (χ2v) is 7.05. The number of carbonyl (C=O) groups excluding carboxylic acids is 1. The maximum absolute atomic E-state index is 13.3. The van der Waals surface area contributed by atoms with Gasteiger partial charge in [-0.25, -0.2) is 13.8 Å². The highest BCUT2D eigenvalue weighted by molar-refractivity contribution is 5.94. The van der Waals surface area contributed by atoms with E-state index in [0.29, 0.717) is 5.95 Å². The van der Waals surface area contributed by atoms with Gasteiger partial charge in [-0.05, 0) is 56.9 Å². The summed E-state index contributed by atoms with van der Waals surface area (Å²) in [4.78, 5) is 23.1. The molecule has 0 spiro atoms. The quantitative estimate of drug-likeness (QED) is 0.737. The highest BCUT2D eigenvalue weighted by Gasteiger charge is 2.23. The first-order valence-corrected chi connectivity index (χ1v) is 9.53. The predicted octanol–water partition coefficient (Wildman–Crippen LogP) is 3.79. The van der Waals surface area contributed by atoms with E-state index in [9.17, 15) is 13.6 Å². The van der Waals surface area contributed by atoms with Crippen LogP contribution in [-0.4, -0.2) is 41.6 Å². The van der Waals surface area contributed by atoms with Gasteiger partial charge in [-0.15, -0.1) is 12.4 Å². The minimum atomic E-state index is -1.02. The lowest BCUT2D eigenvalue weighted by Gasteiger charge is -2.30. The molecule has 0 aliphatic heterocycles. The first kappa shape index (κ1) is 22.8. The van der Waals surface area contributed by atoms with Crippen LogP contribution in [0.5, 0.6) is 0 Å². The molecule has 0 radical (unpaired) electrons. The smallest absolute Gasteiger partial charge is 0.251 e. The van der Waals surface area contributed by atoms with Crippen molar-refractivity contribution < 1.29 is 13.6 Å². The fourth-order valence-corrected chi connectivity index (χ4v) is 3.26. The summed E-state index contributed by atoms with van der Waals surface area (Å²) in [5.41, 5.74) is 0.129. The molecule has 0 bridgehead atoms. The van der Waals surface area contributed by atoms with Gasteiger partial charge in [-0.1, -0.05) is 0 Å². The van der Waals surface area contributed by atoms with Crippen LogP contribution in [0, 0.1) is 11.6 Å². The molecule has 6 nitrogen and oxygen atoms in total. The van der Waals surface area contributed by atoms with E-state index < -0.39 is 11.6 Å². The molecule has 1 heterocycles. The topological polar surface area (TPSA) is 70.2 Å². The number of aromatic nitrogens is 2. The van der Waals surface area contributed by atoms with Crippen molar-refractivity contribution in [3.63, 3.8) is 0 Å². The average molecular weight is 426 g/mol. The molecule has 2 N–H and O–H groups in total. The van der Waals surface area contributed by atoms with Crippen LogP contribution in [0.2, 0.25) is 0 Å². The Hall–Kier alpha value is -2.48. The molecule has 1 aliphatic rings. The van der Waals surface area contributed by atoms with Crippen molar-refractivity contribution >= 4 is 30.1 Å². The number of carbonyl (C=O) groups is 1. The number of hydrogen-bond donors (Lipinski definition) is 2. The summed E-state index contributed by atoms with van der Waals surface area (Å²) in [5.74, 6) is -0.885. The van der Waals surface area contributed by atoms with E-state index in [1.54, 1.807) is 6.20 Å². The molecule has 2 aromatic rings. The van der Waals surface area contributed by atoms with Gasteiger partial charge in [-0.2, -0.15) is 4.98 Å². The lowest BCUT2D eigenvalue weighted by molar-refractivity contribution is 0.0926. The van der Waals surface area contributed by atoms with Crippen molar-refractivity contribution in [2.75, 3.05) is 23.8 Å². The molecule has 0 saturated heterocycles. The third kappa shape index (κ3) is 6.00. The second kappa shape index (κ2) is 10.3. The van der Waals surface area contributed by atoms with Gasteiger partial charge in [0.2, 0.25) is 5.95 Å². The molecule has 29 heavy (non-hydrogen) atoms. The summed E-state index contributed by atoms with van der Waals surface area (Å²) in [6.07, 6.45) is 5.05. The first-order valence-electron chi connectivity index (χ1n) is 9.53. The van der Waals surface area contributed by atoms with Crippen LogP contribution in [0.15, 0.2) is 30.5 Å². The number of benzene rings is 1. The minimum Gasteiger partial charge on any atom is -0.360 e. The SMILES string of the molecule is CCN(C)c1ccnc(N[C@H]2CC[C@@H](NC(=O)c3ccc(F)c(F)c3)CC2)n1.Cl. The molecule has 158 valence electrons. The Balaban J connectivity index is 0.00000300. The normalized spacial score (nSPS) is 18.5. The maximum Gasteiger partial charge on any atom is 0.251 e. The Morgan fingerprint density at radius 1 is 1.14 bits per heavy atom. The van der Waals surface area contributed by atoms with Crippen molar-refractivity contribution in [3.8, 4) is 0 Å². The summed E-state index contributed by atoms with van der Waals surface area (Å²) < 4.78 is 26.3. The molecule has 0 unspecified atom stereocenters. The molecule has 1 aliphatic carbocycles. The summed E-state index contributed by atoms with van der Waals surface area (Å²) in [6, 6.07) is 5.30. The molecular formula is C20H26ClF2N5O. The van der Waals surface area contributed by atoms with Gasteiger partial charge in [0.05, 0.1) is 0 Å². The van der Waals surface area contributed by atoms with E-state index in [-0.39, 0.29) is 36.0 Å². The summed E-state index contributed by atoms with van der Waals surface area (Å²) >= 11 is 0. The van der Waals surface area contributed by atoms with Crippen LogP contribution in [0.4, 0.5) is 20.5 Å². The maximum atomic E-state index is 13.3. The lowest BCUT2D eigenvalue weighted by Crippen LogP contribution is -2.40. The van der Waals surface area contributed by atoms with Gasteiger partial charge in [0, 0.05) is 37.4 Å². The van der Waals surface area contributed by atoms with Crippen LogP contribution in [0.25, 0.3) is 0 Å². The van der Waals surface area contributed by atoms with E-state index >= 15 is 0 Å². The molecule has 1 aromatic carbocycles. The predicted molar refractivity (Wildman–Crippen MR) is 112 cm³/mol.